The van der Waals surface area contributed by atoms with Gasteiger partial charge in [0.05, 0.1) is 0 Å². The van der Waals surface area contributed by atoms with E-state index in [0.29, 0.717) is 11.4 Å². The zero-order chi connectivity index (χ0) is 13.8. The van der Waals surface area contributed by atoms with Gasteiger partial charge < -0.3 is 0 Å². The molecule has 2 aromatic heterocycles. The van der Waals surface area contributed by atoms with Gasteiger partial charge in [0.15, 0.2) is 5.69 Å². The lowest BCUT2D eigenvalue weighted by atomic mass is 10.1. The van der Waals surface area contributed by atoms with Gasteiger partial charge in [0.2, 0.25) is 0 Å². The number of rotatable bonds is 3. The second-order valence-electron chi connectivity index (χ2n) is 4.10. The summed E-state index contributed by atoms with van der Waals surface area (Å²) < 4.78 is 0. The van der Waals surface area contributed by atoms with Gasteiger partial charge in [-0.1, -0.05) is 36.4 Å². The Balaban J connectivity index is 1.83. The van der Waals surface area contributed by atoms with Crippen molar-refractivity contribution in [1.82, 2.24) is 15.4 Å². The summed E-state index contributed by atoms with van der Waals surface area (Å²) in [7, 11) is 0. The summed E-state index contributed by atoms with van der Waals surface area (Å²) in [4.78, 5) is 1.22. The predicted molar refractivity (Wildman–Crippen MR) is 79.8 cm³/mol. The van der Waals surface area contributed by atoms with Crippen LogP contribution in [0.2, 0.25) is 0 Å². The molecule has 0 aliphatic carbocycles. The molecular weight excluding hydrogens is 268 g/mol. The second-order valence-corrected chi connectivity index (χ2v) is 5.08. The molecule has 0 fully saturated rings. The number of hydrogen-bond donors (Lipinski definition) is 1. The molecular formula is C15H10N4S. The van der Waals surface area contributed by atoms with Crippen LogP contribution < -0.4 is 0 Å². The van der Waals surface area contributed by atoms with Gasteiger partial charge in [0.1, 0.15) is 11.8 Å². The molecule has 0 saturated heterocycles. The lowest BCUT2D eigenvalue weighted by molar-refractivity contribution is 0.937. The van der Waals surface area contributed by atoms with Crippen molar-refractivity contribution >= 4 is 23.5 Å². The van der Waals surface area contributed by atoms with Gasteiger partial charge in [0, 0.05) is 10.4 Å². The minimum atomic E-state index is 0.312. The molecule has 4 nitrogen and oxygen atoms in total. The van der Waals surface area contributed by atoms with Crippen LogP contribution in [0, 0.1) is 11.3 Å². The summed E-state index contributed by atoms with van der Waals surface area (Å²) in [6, 6.07) is 14.0. The number of thiophene rings is 1. The van der Waals surface area contributed by atoms with Crippen molar-refractivity contribution in [2.24, 2.45) is 0 Å². The number of H-pyrrole nitrogens is 1. The number of nitrogens with one attached hydrogen (secondary N) is 1. The number of nitriles is 1. The number of aromatic amines is 1. The van der Waals surface area contributed by atoms with Gasteiger partial charge in [-0.25, -0.2) is 0 Å². The fourth-order valence-electron chi connectivity index (χ4n) is 1.83. The SMILES string of the molecule is N#Cc1n[nH]nc1-c1ccc(/C=C/c2cccs2)cc1. The quantitative estimate of drug-likeness (QED) is 0.796. The van der Waals surface area contributed by atoms with E-state index in [9.17, 15) is 0 Å². The lowest BCUT2D eigenvalue weighted by Gasteiger charge is -1.98. The van der Waals surface area contributed by atoms with E-state index in [-0.39, 0.29) is 0 Å². The highest BCUT2D eigenvalue weighted by molar-refractivity contribution is 7.10. The molecule has 3 rings (SSSR count). The third-order valence-corrected chi connectivity index (χ3v) is 3.66. The predicted octanol–water partition coefficient (Wildman–Crippen LogP) is 3.58. The van der Waals surface area contributed by atoms with Crippen molar-refractivity contribution in [3.63, 3.8) is 0 Å². The van der Waals surface area contributed by atoms with Crippen LogP contribution in [-0.2, 0) is 0 Å². The van der Waals surface area contributed by atoms with Crippen LogP contribution in [-0.4, -0.2) is 15.4 Å². The maximum atomic E-state index is 8.93. The van der Waals surface area contributed by atoms with Gasteiger partial charge in [-0.3, -0.25) is 0 Å². The average molecular weight is 278 g/mol. The van der Waals surface area contributed by atoms with E-state index in [1.807, 2.05) is 36.4 Å². The van der Waals surface area contributed by atoms with Crippen molar-refractivity contribution < 1.29 is 0 Å². The number of benzene rings is 1. The van der Waals surface area contributed by atoms with Crippen molar-refractivity contribution in [2.45, 2.75) is 0 Å². The molecule has 0 bridgehead atoms. The largest absolute Gasteiger partial charge is 0.196 e. The minimum absolute atomic E-state index is 0.312. The lowest BCUT2D eigenvalue weighted by Crippen LogP contribution is -1.82. The molecule has 1 aromatic carbocycles. The van der Waals surface area contributed by atoms with E-state index in [1.165, 1.54) is 4.88 Å². The third kappa shape index (κ3) is 2.51. The van der Waals surface area contributed by atoms with E-state index in [1.54, 1.807) is 11.3 Å². The van der Waals surface area contributed by atoms with Crippen LogP contribution in [0.5, 0.6) is 0 Å². The summed E-state index contributed by atoms with van der Waals surface area (Å²) in [6.45, 7) is 0. The topological polar surface area (TPSA) is 65.4 Å². The Morgan fingerprint density at radius 2 is 1.95 bits per heavy atom. The van der Waals surface area contributed by atoms with Crippen LogP contribution in [0.1, 0.15) is 16.1 Å². The molecule has 0 atom stereocenters. The maximum Gasteiger partial charge on any atom is 0.190 e. The van der Waals surface area contributed by atoms with Gasteiger partial charge in [-0.15, -0.1) is 16.4 Å². The van der Waals surface area contributed by atoms with Crippen LogP contribution in [0.3, 0.4) is 0 Å². The number of hydrogen-bond acceptors (Lipinski definition) is 4. The Hall–Kier alpha value is -2.71. The van der Waals surface area contributed by atoms with Crippen molar-refractivity contribution in [3.8, 4) is 17.3 Å². The van der Waals surface area contributed by atoms with Gasteiger partial charge in [-0.2, -0.15) is 15.6 Å². The minimum Gasteiger partial charge on any atom is -0.196 e. The first kappa shape index (κ1) is 12.3. The Kier molecular flexibility index (Phi) is 3.40. The zero-order valence-corrected chi connectivity index (χ0v) is 11.3. The molecule has 20 heavy (non-hydrogen) atoms. The highest BCUT2D eigenvalue weighted by Gasteiger charge is 2.08. The molecule has 1 N–H and O–H groups in total. The molecule has 0 amide bonds. The average Bonchev–Trinajstić information content (AvgIpc) is 3.16. The molecule has 0 aliphatic heterocycles. The summed E-state index contributed by atoms with van der Waals surface area (Å²) in [6.07, 6.45) is 4.14. The van der Waals surface area contributed by atoms with Gasteiger partial charge >= 0.3 is 0 Å². The molecule has 0 spiro atoms. The van der Waals surface area contributed by atoms with E-state index in [2.05, 4.69) is 39.0 Å². The van der Waals surface area contributed by atoms with Crippen molar-refractivity contribution in [1.29, 1.82) is 5.26 Å². The first-order chi connectivity index (χ1) is 9.86. The Bertz CT molecular complexity index is 761. The fourth-order valence-corrected chi connectivity index (χ4v) is 2.44. The van der Waals surface area contributed by atoms with Crippen molar-refractivity contribution in [3.05, 3.63) is 57.9 Å². The Labute approximate surface area is 120 Å². The van der Waals surface area contributed by atoms with Gasteiger partial charge in [0.25, 0.3) is 0 Å². The van der Waals surface area contributed by atoms with Crippen LogP contribution in [0.25, 0.3) is 23.4 Å². The summed E-state index contributed by atoms with van der Waals surface area (Å²) in [5.74, 6) is 0. The Morgan fingerprint density at radius 1 is 1.10 bits per heavy atom. The summed E-state index contributed by atoms with van der Waals surface area (Å²) >= 11 is 1.70. The monoisotopic (exact) mass is 278 g/mol. The van der Waals surface area contributed by atoms with Gasteiger partial charge in [-0.05, 0) is 23.1 Å². The van der Waals surface area contributed by atoms with E-state index in [4.69, 9.17) is 5.26 Å². The maximum absolute atomic E-state index is 8.93. The molecule has 2 heterocycles. The molecule has 0 saturated carbocycles. The van der Waals surface area contributed by atoms with E-state index >= 15 is 0 Å². The van der Waals surface area contributed by atoms with Crippen LogP contribution in [0.15, 0.2) is 41.8 Å². The molecule has 0 radical (unpaired) electrons. The highest BCUT2D eigenvalue weighted by atomic mass is 32.1. The molecule has 0 unspecified atom stereocenters. The standard InChI is InChI=1S/C15H10N4S/c16-10-14-15(18-19-17-14)12-6-3-11(4-7-12)5-8-13-2-1-9-20-13/h1-9H,(H,17,18,19)/b8-5+. The highest BCUT2D eigenvalue weighted by Crippen LogP contribution is 2.20. The zero-order valence-electron chi connectivity index (χ0n) is 10.4. The van der Waals surface area contributed by atoms with Crippen LogP contribution in [0.4, 0.5) is 0 Å². The first-order valence-corrected chi connectivity index (χ1v) is 6.87. The molecule has 5 heteroatoms. The first-order valence-electron chi connectivity index (χ1n) is 6.00. The Morgan fingerprint density at radius 3 is 2.65 bits per heavy atom. The number of nitrogens with zero attached hydrogens (tertiary/aromatic N) is 3. The normalized spacial score (nSPS) is 10.8. The molecule has 3 aromatic rings. The second kappa shape index (κ2) is 5.51. The summed E-state index contributed by atoms with van der Waals surface area (Å²) in [5, 5.41) is 21.2. The van der Waals surface area contributed by atoms with Crippen molar-refractivity contribution in [2.75, 3.05) is 0 Å². The molecule has 0 aliphatic rings. The van der Waals surface area contributed by atoms with E-state index in [0.717, 1.165) is 11.1 Å². The smallest absolute Gasteiger partial charge is 0.190 e. The molecule has 96 valence electrons. The third-order valence-electron chi connectivity index (χ3n) is 2.82. The van der Waals surface area contributed by atoms with Crippen LogP contribution >= 0.6 is 11.3 Å². The fraction of sp³-hybridized carbons (Fsp3) is 0. The van der Waals surface area contributed by atoms with E-state index < -0.39 is 0 Å². The summed E-state index contributed by atoms with van der Waals surface area (Å²) in [5.41, 5.74) is 2.88. The number of aromatic nitrogens is 3.